The SMILES string of the molecule is Cc1cn(C(C)C)c(Nc2cncc(F)c2)n1. The van der Waals surface area contributed by atoms with Gasteiger partial charge in [-0.15, -0.1) is 0 Å². The van der Waals surface area contributed by atoms with Crippen molar-refractivity contribution < 1.29 is 4.39 Å². The van der Waals surface area contributed by atoms with E-state index >= 15 is 0 Å². The number of anilines is 2. The van der Waals surface area contributed by atoms with Gasteiger partial charge in [0.15, 0.2) is 0 Å². The highest BCUT2D eigenvalue weighted by Gasteiger charge is 2.08. The zero-order valence-corrected chi connectivity index (χ0v) is 10.1. The summed E-state index contributed by atoms with van der Waals surface area (Å²) in [6, 6.07) is 1.68. The van der Waals surface area contributed by atoms with E-state index < -0.39 is 0 Å². The van der Waals surface area contributed by atoms with Gasteiger partial charge in [-0.05, 0) is 20.8 Å². The van der Waals surface area contributed by atoms with E-state index in [0.29, 0.717) is 17.7 Å². The van der Waals surface area contributed by atoms with Crippen molar-refractivity contribution in [1.29, 1.82) is 0 Å². The second-order valence-electron chi connectivity index (χ2n) is 4.22. The van der Waals surface area contributed by atoms with Crippen LogP contribution in [0.25, 0.3) is 0 Å². The lowest BCUT2D eigenvalue weighted by Gasteiger charge is -2.12. The van der Waals surface area contributed by atoms with Gasteiger partial charge in [0.1, 0.15) is 5.82 Å². The second-order valence-corrected chi connectivity index (χ2v) is 4.22. The first-order chi connectivity index (χ1) is 8.06. The molecule has 0 unspecified atom stereocenters. The van der Waals surface area contributed by atoms with E-state index in [0.717, 1.165) is 5.69 Å². The third-order valence-electron chi connectivity index (χ3n) is 2.37. The van der Waals surface area contributed by atoms with Gasteiger partial charge in [0.05, 0.1) is 23.8 Å². The van der Waals surface area contributed by atoms with E-state index in [2.05, 4.69) is 29.1 Å². The summed E-state index contributed by atoms with van der Waals surface area (Å²) >= 11 is 0. The van der Waals surface area contributed by atoms with Crippen LogP contribution in [-0.2, 0) is 0 Å². The summed E-state index contributed by atoms with van der Waals surface area (Å²) in [5, 5.41) is 3.06. The smallest absolute Gasteiger partial charge is 0.207 e. The fraction of sp³-hybridized carbons (Fsp3) is 0.333. The van der Waals surface area contributed by atoms with Gasteiger partial charge in [-0.25, -0.2) is 9.37 Å². The summed E-state index contributed by atoms with van der Waals surface area (Å²) in [4.78, 5) is 8.15. The largest absolute Gasteiger partial charge is 0.324 e. The molecule has 2 aromatic rings. The first-order valence-electron chi connectivity index (χ1n) is 5.49. The molecule has 2 rings (SSSR count). The fourth-order valence-corrected chi connectivity index (χ4v) is 1.61. The first-order valence-corrected chi connectivity index (χ1v) is 5.49. The van der Waals surface area contributed by atoms with Crippen molar-refractivity contribution >= 4 is 11.6 Å². The quantitative estimate of drug-likeness (QED) is 0.887. The Morgan fingerprint density at radius 1 is 1.35 bits per heavy atom. The van der Waals surface area contributed by atoms with Crippen molar-refractivity contribution in [1.82, 2.24) is 14.5 Å². The molecule has 90 valence electrons. The van der Waals surface area contributed by atoms with Crippen molar-refractivity contribution in [2.75, 3.05) is 5.32 Å². The van der Waals surface area contributed by atoms with Crippen LogP contribution in [0, 0.1) is 12.7 Å². The molecular formula is C12H15FN4. The Bertz CT molecular complexity index is 519. The minimum Gasteiger partial charge on any atom is -0.324 e. The monoisotopic (exact) mass is 234 g/mol. The number of rotatable bonds is 3. The summed E-state index contributed by atoms with van der Waals surface area (Å²) in [5.74, 6) is 0.333. The van der Waals surface area contributed by atoms with Crippen molar-refractivity contribution in [3.05, 3.63) is 36.2 Å². The number of hydrogen-bond acceptors (Lipinski definition) is 3. The molecule has 0 bridgehead atoms. The number of hydrogen-bond donors (Lipinski definition) is 1. The molecule has 0 fully saturated rings. The van der Waals surface area contributed by atoms with Crippen LogP contribution >= 0.6 is 0 Å². The van der Waals surface area contributed by atoms with Crippen molar-refractivity contribution in [2.24, 2.45) is 0 Å². The third-order valence-corrected chi connectivity index (χ3v) is 2.37. The Morgan fingerprint density at radius 2 is 2.12 bits per heavy atom. The molecule has 0 saturated carbocycles. The predicted octanol–water partition coefficient (Wildman–Crippen LogP) is 3.05. The molecule has 0 aliphatic rings. The van der Waals surface area contributed by atoms with Crippen LogP contribution in [0.1, 0.15) is 25.6 Å². The average molecular weight is 234 g/mol. The maximum atomic E-state index is 13.0. The number of nitrogens with one attached hydrogen (secondary N) is 1. The molecule has 0 aliphatic carbocycles. The molecule has 0 aliphatic heterocycles. The number of aryl methyl sites for hydroxylation is 1. The molecule has 2 heterocycles. The first kappa shape index (κ1) is 11.6. The maximum Gasteiger partial charge on any atom is 0.207 e. The second kappa shape index (κ2) is 4.53. The summed E-state index contributed by atoms with van der Waals surface area (Å²) < 4.78 is 15.0. The van der Waals surface area contributed by atoms with E-state index in [-0.39, 0.29) is 5.82 Å². The summed E-state index contributed by atoms with van der Waals surface area (Å²) in [6.07, 6.45) is 4.70. The van der Waals surface area contributed by atoms with Gasteiger partial charge in [0.2, 0.25) is 5.95 Å². The maximum absolute atomic E-state index is 13.0. The van der Waals surface area contributed by atoms with Crippen LogP contribution in [0.15, 0.2) is 24.7 Å². The zero-order chi connectivity index (χ0) is 12.4. The zero-order valence-electron chi connectivity index (χ0n) is 10.1. The molecule has 0 amide bonds. The van der Waals surface area contributed by atoms with Gasteiger partial charge in [-0.1, -0.05) is 0 Å². The summed E-state index contributed by atoms with van der Waals surface area (Å²) in [7, 11) is 0. The van der Waals surface area contributed by atoms with E-state index in [1.807, 2.05) is 17.7 Å². The lowest BCUT2D eigenvalue weighted by molar-refractivity contribution is 0.606. The van der Waals surface area contributed by atoms with Gasteiger partial charge < -0.3 is 9.88 Å². The molecule has 0 aromatic carbocycles. The van der Waals surface area contributed by atoms with Crippen LogP contribution in [0.4, 0.5) is 16.0 Å². The van der Waals surface area contributed by atoms with Crippen LogP contribution in [0.3, 0.4) is 0 Å². The van der Waals surface area contributed by atoms with Crippen molar-refractivity contribution in [3.63, 3.8) is 0 Å². The fourth-order valence-electron chi connectivity index (χ4n) is 1.61. The molecule has 2 aromatic heterocycles. The van der Waals surface area contributed by atoms with E-state index in [1.165, 1.54) is 12.3 Å². The highest BCUT2D eigenvalue weighted by molar-refractivity contribution is 5.52. The summed E-state index contributed by atoms with van der Waals surface area (Å²) in [5.41, 5.74) is 1.52. The Hall–Kier alpha value is -1.91. The topological polar surface area (TPSA) is 42.7 Å². The predicted molar refractivity (Wildman–Crippen MR) is 64.8 cm³/mol. The number of nitrogens with zero attached hydrogens (tertiary/aromatic N) is 3. The van der Waals surface area contributed by atoms with E-state index in [9.17, 15) is 4.39 Å². The lowest BCUT2D eigenvalue weighted by atomic mass is 10.4. The number of aromatic nitrogens is 3. The van der Waals surface area contributed by atoms with Gasteiger partial charge in [0.25, 0.3) is 0 Å². The number of halogens is 1. The normalized spacial score (nSPS) is 10.9. The molecule has 0 atom stereocenters. The number of imidazole rings is 1. The average Bonchev–Trinajstić information content (AvgIpc) is 2.59. The van der Waals surface area contributed by atoms with Crippen molar-refractivity contribution in [3.8, 4) is 0 Å². The molecule has 0 radical (unpaired) electrons. The van der Waals surface area contributed by atoms with Crippen molar-refractivity contribution in [2.45, 2.75) is 26.8 Å². The standard InChI is InChI=1S/C12H15FN4/c1-8(2)17-7-9(3)15-12(17)16-11-4-10(13)5-14-6-11/h4-8H,1-3H3,(H,15,16). The van der Waals surface area contributed by atoms with Crippen LogP contribution in [-0.4, -0.2) is 14.5 Å². The lowest BCUT2D eigenvalue weighted by Crippen LogP contribution is -2.05. The minimum atomic E-state index is -0.366. The highest BCUT2D eigenvalue weighted by Crippen LogP contribution is 2.19. The Balaban J connectivity index is 2.29. The molecular weight excluding hydrogens is 219 g/mol. The van der Waals surface area contributed by atoms with Crippen LogP contribution in [0.5, 0.6) is 0 Å². The Morgan fingerprint density at radius 3 is 2.76 bits per heavy atom. The van der Waals surface area contributed by atoms with Gasteiger partial charge in [0, 0.05) is 18.3 Å². The Labute approximate surface area is 99.5 Å². The molecule has 0 saturated heterocycles. The molecule has 1 N–H and O–H groups in total. The third kappa shape index (κ3) is 2.61. The van der Waals surface area contributed by atoms with Gasteiger partial charge in [-0.2, -0.15) is 0 Å². The van der Waals surface area contributed by atoms with Crippen LogP contribution < -0.4 is 5.32 Å². The molecule has 4 nitrogen and oxygen atoms in total. The minimum absolute atomic E-state index is 0.292. The van der Waals surface area contributed by atoms with Gasteiger partial charge in [-0.3, -0.25) is 4.98 Å². The summed E-state index contributed by atoms with van der Waals surface area (Å²) in [6.45, 7) is 6.06. The highest BCUT2D eigenvalue weighted by atomic mass is 19.1. The molecule has 17 heavy (non-hydrogen) atoms. The molecule has 0 spiro atoms. The van der Waals surface area contributed by atoms with Crippen LogP contribution in [0.2, 0.25) is 0 Å². The number of pyridine rings is 1. The Kier molecular flexibility index (Phi) is 3.08. The van der Waals surface area contributed by atoms with E-state index in [1.54, 1.807) is 6.20 Å². The van der Waals surface area contributed by atoms with Gasteiger partial charge >= 0.3 is 0 Å². The van der Waals surface area contributed by atoms with E-state index in [4.69, 9.17) is 0 Å². The molecule has 5 heteroatoms.